The molecule has 0 bridgehead atoms. The summed E-state index contributed by atoms with van der Waals surface area (Å²) in [5.41, 5.74) is 8.38. The van der Waals surface area contributed by atoms with E-state index in [0.29, 0.717) is 12.2 Å². The van der Waals surface area contributed by atoms with Crippen molar-refractivity contribution < 1.29 is 0 Å². The van der Waals surface area contributed by atoms with Crippen molar-refractivity contribution in [1.82, 2.24) is 4.98 Å². The summed E-state index contributed by atoms with van der Waals surface area (Å²) >= 11 is 1.71. The largest absolute Gasteiger partial charge is 0.326 e. The van der Waals surface area contributed by atoms with Gasteiger partial charge in [-0.25, -0.2) is 0 Å². The molecule has 3 rings (SSSR count). The molecule has 2 radical (unpaired) electrons. The summed E-state index contributed by atoms with van der Waals surface area (Å²) < 4.78 is 1.23. The molecule has 88 valence electrons. The van der Waals surface area contributed by atoms with Crippen LogP contribution in [0.15, 0.2) is 42.5 Å². The second kappa shape index (κ2) is 4.52. The van der Waals surface area contributed by atoms with Crippen molar-refractivity contribution in [3.8, 4) is 10.6 Å². The zero-order valence-corrected chi connectivity index (χ0v) is 10.6. The first-order chi connectivity index (χ1) is 8.78. The van der Waals surface area contributed by atoms with E-state index >= 15 is 0 Å². The second-order valence-corrected chi connectivity index (χ2v) is 5.18. The average molecular weight is 252 g/mol. The first-order valence-corrected chi connectivity index (χ1v) is 6.54. The summed E-state index contributed by atoms with van der Waals surface area (Å²) in [6, 6.07) is 14.0. The molecule has 3 heteroatoms. The van der Waals surface area contributed by atoms with Crippen LogP contribution in [0.25, 0.3) is 20.7 Å². The Labute approximate surface area is 110 Å². The van der Waals surface area contributed by atoms with Crippen LogP contribution in [0.4, 0.5) is 0 Å². The summed E-state index contributed by atoms with van der Waals surface area (Å²) in [7, 11) is 0. The Morgan fingerprint density at radius 1 is 1.17 bits per heavy atom. The van der Waals surface area contributed by atoms with Crippen molar-refractivity contribution in [2.24, 2.45) is 5.73 Å². The molecule has 0 saturated carbocycles. The lowest BCUT2D eigenvalue weighted by Gasteiger charge is -1.97. The zero-order valence-electron chi connectivity index (χ0n) is 9.76. The van der Waals surface area contributed by atoms with Crippen LogP contribution in [-0.4, -0.2) is 4.98 Å². The highest BCUT2D eigenvalue weighted by Gasteiger charge is 2.07. The SMILES string of the molecule is [CH]c1cccc(-c2cc3c(CN)cccc3s2)n1. The molecule has 0 saturated heterocycles. The molecule has 2 aromatic heterocycles. The van der Waals surface area contributed by atoms with Gasteiger partial charge < -0.3 is 5.73 Å². The molecule has 0 unspecified atom stereocenters. The molecular weight excluding hydrogens is 240 g/mol. The maximum absolute atomic E-state index is 5.76. The van der Waals surface area contributed by atoms with Crippen molar-refractivity contribution in [3.63, 3.8) is 0 Å². The lowest BCUT2D eigenvalue weighted by atomic mass is 10.1. The molecule has 0 amide bonds. The minimum absolute atomic E-state index is 0.545. The van der Waals surface area contributed by atoms with E-state index in [1.165, 1.54) is 15.6 Å². The van der Waals surface area contributed by atoms with Gasteiger partial charge in [-0.05, 0) is 35.2 Å². The standard InChI is InChI=1S/C15H12N2S/c1-10-4-2-6-13(17-10)15-8-12-11(9-16)5-3-7-14(12)18-15/h1-8H,9,16H2. The number of thiophene rings is 1. The second-order valence-electron chi connectivity index (χ2n) is 4.09. The Morgan fingerprint density at radius 3 is 2.78 bits per heavy atom. The van der Waals surface area contributed by atoms with E-state index in [9.17, 15) is 0 Å². The van der Waals surface area contributed by atoms with E-state index < -0.39 is 0 Å². The molecule has 18 heavy (non-hydrogen) atoms. The van der Waals surface area contributed by atoms with E-state index in [0.717, 1.165) is 10.6 Å². The minimum Gasteiger partial charge on any atom is -0.326 e. The van der Waals surface area contributed by atoms with Gasteiger partial charge in [0.25, 0.3) is 0 Å². The van der Waals surface area contributed by atoms with Gasteiger partial charge in [-0.3, -0.25) is 4.98 Å². The van der Waals surface area contributed by atoms with Crippen LogP contribution in [-0.2, 0) is 6.54 Å². The highest BCUT2D eigenvalue weighted by molar-refractivity contribution is 7.22. The topological polar surface area (TPSA) is 38.9 Å². The highest BCUT2D eigenvalue weighted by atomic mass is 32.1. The third-order valence-electron chi connectivity index (χ3n) is 2.89. The quantitative estimate of drug-likeness (QED) is 0.758. The van der Waals surface area contributed by atoms with Crippen molar-refractivity contribution in [3.05, 3.63) is 60.6 Å². The molecule has 0 aliphatic rings. The fourth-order valence-electron chi connectivity index (χ4n) is 2.01. The maximum Gasteiger partial charge on any atom is 0.0805 e. The third kappa shape index (κ3) is 1.92. The fraction of sp³-hybridized carbons (Fsp3) is 0.0667. The van der Waals surface area contributed by atoms with Gasteiger partial charge in [0.2, 0.25) is 0 Å². The van der Waals surface area contributed by atoms with Gasteiger partial charge in [0.05, 0.1) is 10.6 Å². The Bertz CT molecular complexity index is 701. The van der Waals surface area contributed by atoms with Crippen molar-refractivity contribution >= 4 is 21.4 Å². The lowest BCUT2D eigenvalue weighted by molar-refractivity contribution is 1.09. The summed E-state index contributed by atoms with van der Waals surface area (Å²) in [6.45, 7) is 6.27. The van der Waals surface area contributed by atoms with Gasteiger partial charge in [-0.2, -0.15) is 0 Å². The number of nitrogens with zero attached hydrogens (tertiary/aromatic N) is 1. The minimum atomic E-state index is 0.545. The predicted octanol–water partition coefficient (Wildman–Crippen LogP) is 3.48. The van der Waals surface area contributed by atoms with Crippen LogP contribution in [0.3, 0.4) is 0 Å². The highest BCUT2D eigenvalue weighted by Crippen LogP contribution is 2.34. The molecule has 0 aliphatic heterocycles. The summed E-state index contributed by atoms with van der Waals surface area (Å²) in [6.07, 6.45) is 0. The van der Waals surface area contributed by atoms with Crippen molar-refractivity contribution in [1.29, 1.82) is 0 Å². The molecule has 1 aromatic carbocycles. The normalized spacial score (nSPS) is 11.0. The molecule has 0 spiro atoms. The van der Waals surface area contributed by atoms with Gasteiger partial charge in [0.15, 0.2) is 0 Å². The predicted molar refractivity (Wildman–Crippen MR) is 76.3 cm³/mol. The van der Waals surface area contributed by atoms with E-state index in [-0.39, 0.29) is 0 Å². The van der Waals surface area contributed by atoms with Crippen LogP contribution >= 0.6 is 11.3 Å². The third-order valence-corrected chi connectivity index (χ3v) is 4.02. The Hall–Kier alpha value is -1.71. The van der Waals surface area contributed by atoms with Crippen LogP contribution < -0.4 is 5.73 Å². The van der Waals surface area contributed by atoms with E-state index in [1.54, 1.807) is 17.4 Å². The number of aromatic nitrogens is 1. The van der Waals surface area contributed by atoms with Crippen LogP contribution in [0, 0.1) is 6.92 Å². The molecule has 0 aliphatic carbocycles. The summed E-state index contributed by atoms with van der Waals surface area (Å²) in [5, 5.41) is 1.21. The van der Waals surface area contributed by atoms with E-state index in [4.69, 9.17) is 12.7 Å². The number of hydrogen-bond donors (Lipinski definition) is 1. The molecular formula is C15H12N2S. The van der Waals surface area contributed by atoms with Gasteiger partial charge in [-0.1, -0.05) is 18.2 Å². The van der Waals surface area contributed by atoms with Gasteiger partial charge in [0, 0.05) is 23.9 Å². The molecule has 2 heterocycles. The van der Waals surface area contributed by atoms with Crippen LogP contribution in [0.1, 0.15) is 11.3 Å². The van der Waals surface area contributed by atoms with Gasteiger partial charge >= 0.3 is 0 Å². The molecule has 3 aromatic rings. The van der Waals surface area contributed by atoms with Gasteiger partial charge in [0.1, 0.15) is 0 Å². The summed E-state index contributed by atoms with van der Waals surface area (Å²) in [5.74, 6) is 0. The van der Waals surface area contributed by atoms with Gasteiger partial charge in [-0.15, -0.1) is 11.3 Å². The number of rotatable bonds is 2. The maximum atomic E-state index is 5.76. The zero-order chi connectivity index (χ0) is 12.5. The van der Waals surface area contributed by atoms with Crippen molar-refractivity contribution in [2.75, 3.05) is 0 Å². The van der Waals surface area contributed by atoms with E-state index in [1.807, 2.05) is 18.2 Å². The number of benzene rings is 1. The lowest BCUT2D eigenvalue weighted by Crippen LogP contribution is -1.95. The molecule has 2 nitrogen and oxygen atoms in total. The number of hydrogen-bond acceptors (Lipinski definition) is 3. The Balaban J connectivity index is 2.19. The van der Waals surface area contributed by atoms with E-state index in [2.05, 4.69) is 23.2 Å². The first kappa shape index (κ1) is 11.4. The fourth-order valence-corrected chi connectivity index (χ4v) is 3.09. The molecule has 2 N–H and O–H groups in total. The van der Waals surface area contributed by atoms with Crippen LogP contribution in [0.2, 0.25) is 0 Å². The first-order valence-electron chi connectivity index (χ1n) is 5.72. The molecule has 0 fully saturated rings. The van der Waals surface area contributed by atoms with Crippen LogP contribution in [0.5, 0.6) is 0 Å². The number of fused-ring (bicyclic) bond motifs is 1. The summed E-state index contributed by atoms with van der Waals surface area (Å²) in [4.78, 5) is 5.47. The Morgan fingerprint density at radius 2 is 2.00 bits per heavy atom. The monoisotopic (exact) mass is 252 g/mol. The van der Waals surface area contributed by atoms with Crippen molar-refractivity contribution in [2.45, 2.75) is 6.54 Å². The Kier molecular flexibility index (Phi) is 2.86. The number of nitrogens with two attached hydrogens (primary N) is 1. The molecule has 0 atom stereocenters. The number of pyridine rings is 1. The smallest absolute Gasteiger partial charge is 0.0805 e. The average Bonchev–Trinajstić information content (AvgIpc) is 2.82.